The summed E-state index contributed by atoms with van der Waals surface area (Å²) in [5, 5.41) is 20.9. The summed E-state index contributed by atoms with van der Waals surface area (Å²) in [5.74, 6) is -0.769. The smallest absolute Gasteiger partial charge is 0.331 e. The third kappa shape index (κ3) is 3.40. The zero-order valence-corrected chi connectivity index (χ0v) is 12.4. The largest absolute Gasteiger partial charge is 0.508 e. The number of phenolic OH excluding ortho intramolecular Hbond substituents is 1. The Morgan fingerprint density at radius 2 is 1.61 bits per heavy atom. The highest BCUT2D eigenvalue weighted by Gasteiger charge is 2.10. The number of benzene rings is 3. The molecule has 0 atom stereocenters. The van der Waals surface area contributed by atoms with Gasteiger partial charge in [-0.3, -0.25) is 0 Å². The summed E-state index contributed by atoms with van der Waals surface area (Å²) in [7, 11) is 0. The second-order valence-electron chi connectivity index (χ2n) is 5.39. The van der Waals surface area contributed by atoms with Crippen LogP contribution in [-0.2, 0) is 11.2 Å². The van der Waals surface area contributed by atoms with Crippen LogP contribution in [0.3, 0.4) is 0 Å². The summed E-state index contributed by atoms with van der Waals surface area (Å²) in [4.78, 5) is 11.6. The number of hydrogen-bond acceptors (Lipinski definition) is 2. The monoisotopic (exact) mass is 304 g/mol. The lowest BCUT2D eigenvalue weighted by Crippen LogP contribution is -2.04. The van der Waals surface area contributed by atoms with Crippen molar-refractivity contribution < 1.29 is 15.0 Å². The summed E-state index contributed by atoms with van der Waals surface area (Å²) in [6.45, 7) is 0. The van der Waals surface area contributed by atoms with E-state index in [1.807, 2.05) is 42.5 Å². The van der Waals surface area contributed by atoms with Crippen molar-refractivity contribution >= 4 is 22.8 Å². The van der Waals surface area contributed by atoms with E-state index in [2.05, 4.69) is 0 Å². The van der Waals surface area contributed by atoms with Crippen LogP contribution in [0.15, 0.2) is 72.3 Å². The molecule has 0 bridgehead atoms. The van der Waals surface area contributed by atoms with Gasteiger partial charge in [0.1, 0.15) is 5.75 Å². The summed E-state index contributed by atoms with van der Waals surface area (Å²) >= 11 is 0. The zero-order valence-electron chi connectivity index (χ0n) is 12.4. The van der Waals surface area contributed by atoms with Crippen molar-refractivity contribution in [2.24, 2.45) is 0 Å². The molecule has 0 saturated heterocycles. The van der Waals surface area contributed by atoms with E-state index in [9.17, 15) is 15.0 Å². The highest BCUT2D eigenvalue weighted by atomic mass is 16.4. The Hall–Kier alpha value is -3.07. The molecule has 0 spiro atoms. The van der Waals surface area contributed by atoms with Crippen LogP contribution >= 0.6 is 0 Å². The summed E-state index contributed by atoms with van der Waals surface area (Å²) in [6, 6.07) is 20.3. The number of hydrogen-bond donors (Lipinski definition) is 2. The van der Waals surface area contributed by atoms with Gasteiger partial charge in [-0.15, -0.1) is 0 Å². The topological polar surface area (TPSA) is 57.5 Å². The van der Waals surface area contributed by atoms with Gasteiger partial charge in [-0.05, 0) is 40.1 Å². The zero-order chi connectivity index (χ0) is 16.2. The molecular formula is C20H16O3. The molecule has 0 unspecified atom stereocenters. The second kappa shape index (κ2) is 6.36. The van der Waals surface area contributed by atoms with Crippen molar-refractivity contribution in [3.63, 3.8) is 0 Å². The Balaban J connectivity index is 2.01. The standard InChI is InChI=1S/C20H16O3/c21-18-10-8-14(9-11-18)12-17(20(22)23)13-16-6-3-5-15-4-1-2-7-19(15)16/h1-11,13,21H,12H2,(H,22,23). The van der Waals surface area contributed by atoms with Gasteiger partial charge in [0.15, 0.2) is 0 Å². The number of carbonyl (C=O) groups is 1. The van der Waals surface area contributed by atoms with Gasteiger partial charge in [-0.25, -0.2) is 4.79 Å². The van der Waals surface area contributed by atoms with Crippen molar-refractivity contribution in [1.82, 2.24) is 0 Å². The van der Waals surface area contributed by atoms with Crippen LogP contribution in [0.4, 0.5) is 0 Å². The fraction of sp³-hybridized carbons (Fsp3) is 0.0500. The Morgan fingerprint density at radius 3 is 2.35 bits per heavy atom. The molecule has 3 aromatic carbocycles. The number of carboxylic acid groups (broad SMARTS) is 1. The minimum atomic E-state index is -0.939. The Kier molecular flexibility index (Phi) is 4.11. The molecule has 2 N–H and O–H groups in total. The number of fused-ring (bicyclic) bond motifs is 1. The molecule has 3 nitrogen and oxygen atoms in total. The van der Waals surface area contributed by atoms with Gasteiger partial charge in [0, 0.05) is 12.0 Å². The molecule has 3 rings (SSSR count). The van der Waals surface area contributed by atoms with Crippen molar-refractivity contribution in [3.8, 4) is 5.75 Å². The number of carboxylic acids is 1. The predicted molar refractivity (Wildman–Crippen MR) is 91.4 cm³/mol. The molecular weight excluding hydrogens is 288 g/mol. The van der Waals surface area contributed by atoms with Gasteiger partial charge >= 0.3 is 5.97 Å². The lowest BCUT2D eigenvalue weighted by Gasteiger charge is -2.06. The Labute approximate surface area is 134 Å². The van der Waals surface area contributed by atoms with E-state index in [0.29, 0.717) is 12.0 Å². The Morgan fingerprint density at radius 1 is 0.913 bits per heavy atom. The van der Waals surface area contributed by atoms with Gasteiger partial charge in [0.05, 0.1) is 0 Å². The molecule has 0 aromatic heterocycles. The van der Waals surface area contributed by atoms with Crippen LogP contribution in [0.2, 0.25) is 0 Å². The van der Waals surface area contributed by atoms with E-state index in [4.69, 9.17) is 0 Å². The number of aromatic hydroxyl groups is 1. The van der Waals surface area contributed by atoms with Crippen LogP contribution in [0, 0.1) is 0 Å². The molecule has 0 amide bonds. The number of phenols is 1. The van der Waals surface area contributed by atoms with E-state index in [1.165, 1.54) is 0 Å². The van der Waals surface area contributed by atoms with Gasteiger partial charge in [0.25, 0.3) is 0 Å². The van der Waals surface area contributed by atoms with Crippen molar-refractivity contribution in [2.45, 2.75) is 6.42 Å². The van der Waals surface area contributed by atoms with Crippen LogP contribution < -0.4 is 0 Å². The van der Waals surface area contributed by atoms with Crippen LogP contribution in [0.5, 0.6) is 5.75 Å². The molecule has 0 radical (unpaired) electrons. The first kappa shape index (κ1) is 14.9. The average molecular weight is 304 g/mol. The van der Waals surface area contributed by atoms with Crippen LogP contribution in [0.25, 0.3) is 16.8 Å². The molecule has 23 heavy (non-hydrogen) atoms. The third-order valence-electron chi connectivity index (χ3n) is 3.76. The highest BCUT2D eigenvalue weighted by molar-refractivity contribution is 5.97. The first-order valence-electron chi connectivity index (χ1n) is 7.33. The molecule has 3 heteroatoms. The van der Waals surface area contributed by atoms with Gasteiger partial charge in [-0.2, -0.15) is 0 Å². The molecule has 0 saturated carbocycles. The maximum Gasteiger partial charge on any atom is 0.331 e. The highest BCUT2D eigenvalue weighted by Crippen LogP contribution is 2.22. The van der Waals surface area contributed by atoms with E-state index in [1.54, 1.807) is 30.3 Å². The van der Waals surface area contributed by atoms with Crippen molar-refractivity contribution in [1.29, 1.82) is 0 Å². The fourth-order valence-corrected chi connectivity index (χ4v) is 2.59. The average Bonchev–Trinajstić information content (AvgIpc) is 2.56. The lowest BCUT2D eigenvalue weighted by atomic mass is 9.99. The third-order valence-corrected chi connectivity index (χ3v) is 3.76. The Bertz CT molecular complexity index is 872. The minimum Gasteiger partial charge on any atom is -0.508 e. The summed E-state index contributed by atoms with van der Waals surface area (Å²) < 4.78 is 0. The summed E-state index contributed by atoms with van der Waals surface area (Å²) in [5.41, 5.74) is 2.04. The molecule has 0 aliphatic rings. The van der Waals surface area contributed by atoms with E-state index < -0.39 is 5.97 Å². The summed E-state index contributed by atoms with van der Waals surface area (Å²) in [6.07, 6.45) is 2.02. The first-order valence-corrected chi connectivity index (χ1v) is 7.33. The molecule has 114 valence electrons. The van der Waals surface area contributed by atoms with Crippen molar-refractivity contribution in [3.05, 3.63) is 83.4 Å². The van der Waals surface area contributed by atoms with Crippen LogP contribution in [0.1, 0.15) is 11.1 Å². The molecule has 0 heterocycles. The van der Waals surface area contributed by atoms with E-state index >= 15 is 0 Å². The maximum absolute atomic E-state index is 11.6. The van der Waals surface area contributed by atoms with Gasteiger partial charge in [0.2, 0.25) is 0 Å². The molecule has 0 aliphatic carbocycles. The van der Waals surface area contributed by atoms with E-state index in [0.717, 1.165) is 21.9 Å². The second-order valence-corrected chi connectivity index (χ2v) is 5.39. The maximum atomic E-state index is 11.6. The minimum absolute atomic E-state index is 0.170. The van der Waals surface area contributed by atoms with Gasteiger partial charge in [-0.1, -0.05) is 54.6 Å². The van der Waals surface area contributed by atoms with Crippen molar-refractivity contribution in [2.75, 3.05) is 0 Å². The van der Waals surface area contributed by atoms with Crippen LogP contribution in [-0.4, -0.2) is 16.2 Å². The van der Waals surface area contributed by atoms with E-state index in [-0.39, 0.29) is 5.75 Å². The lowest BCUT2D eigenvalue weighted by molar-refractivity contribution is -0.132. The number of rotatable bonds is 4. The molecule has 3 aromatic rings. The quantitative estimate of drug-likeness (QED) is 0.708. The predicted octanol–water partition coefficient (Wildman–Crippen LogP) is 4.26. The first-order chi connectivity index (χ1) is 11.1. The number of aliphatic carboxylic acids is 1. The van der Waals surface area contributed by atoms with Gasteiger partial charge < -0.3 is 10.2 Å². The molecule has 0 aliphatic heterocycles. The molecule has 0 fully saturated rings. The normalized spacial score (nSPS) is 11.6. The fourth-order valence-electron chi connectivity index (χ4n) is 2.59. The SMILES string of the molecule is O=C(O)C(=Cc1cccc2ccccc12)Cc1ccc(O)cc1.